The summed E-state index contributed by atoms with van der Waals surface area (Å²) < 4.78 is 1.20. The number of aryl methyl sites for hydroxylation is 1. The molecule has 0 aliphatic carbocycles. The van der Waals surface area contributed by atoms with Gasteiger partial charge in [0.1, 0.15) is 0 Å². The molecule has 0 saturated carbocycles. The molecular formula is C20H27N5O2. The number of nitrogens with zero attached hydrogens (tertiary/aromatic N) is 4. The van der Waals surface area contributed by atoms with Crippen LogP contribution < -0.4 is 5.73 Å². The van der Waals surface area contributed by atoms with Gasteiger partial charge in [0.15, 0.2) is 5.69 Å². The number of likely N-dealkylation sites (tertiary alicyclic amines) is 1. The maximum atomic E-state index is 12.7. The molecule has 1 aliphatic heterocycles. The zero-order valence-corrected chi connectivity index (χ0v) is 16.1. The number of hydrogen-bond acceptors (Lipinski definition) is 4. The summed E-state index contributed by atoms with van der Waals surface area (Å²) >= 11 is 0. The molecule has 1 aromatic carbocycles. The maximum absolute atomic E-state index is 12.7. The standard InChI is InChI=1S/C20H27N5O2/c1-14-5-4-6-16(11-14)13-23(3)17-7-9-24(15(2)12-17)20(27)25-10-8-18(22-25)19(21)26/h4-6,8,10-11,15,17H,7,9,12-13H2,1-3H3,(H2,21,26)/t15-,17-/m0/s1. The van der Waals surface area contributed by atoms with Crippen LogP contribution in [0.5, 0.6) is 0 Å². The first-order valence-electron chi connectivity index (χ1n) is 9.27. The topological polar surface area (TPSA) is 84.5 Å². The lowest BCUT2D eigenvalue weighted by Gasteiger charge is -2.40. The number of rotatable bonds is 4. The highest BCUT2D eigenvalue weighted by Crippen LogP contribution is 2.23. The third-order valence-electron chi connectivity index (χ3n) is 5.27. The van der Waals surface area contributed by atoms with Gasteiger partial charge in [0.2, 0.25) is 0 Å². The fourth-order valence-corrected chi connectivity index (χ4v) is 3.75. The van der Waals surface area contributed by atoms with E-state index in [-0.39, 0.29) is 17.8 Å². The molecule has 2 atom stereocenters. The van der Waals surface area contributed by atoms with Gasteiger partial charge >= 0.3 is 6.03 Å². The molecule has 2 N–H and O–H groups in total. The Morgan fingerprint density at radius 2 is 2.11 bits per heavy atom. The minimum Gasteiger partial charge on any atom is -0.364 e. The van der Waals surface area contributed by atoms with E-state index in [0.717, 1.165) is 19.4 Å². The Balaban J connectivity index is 1.61. The largest absolute Gasteiger partial charge is 0.364 e. The number of amides is 2. The van der Waals surface area contributed by atoms with Crippen molar-refractivity contribution in [1.29, 1.82) is 0 Å². The molecule has 144 valence electrons. The number of hydrogen-bond donors (Lipinski definition) is 1. The average molecular weight is 369 g/mol. The highest BCUT2D eigenvalue weighted by atomic mass is 16.2. The predicted molar refractivity (Wildman–Crippen MR) is 103 cm³/mol. The summed E-state index contributed by atoms with van der Waals surface area (Å²) in [6.45, 7) is 5.72. The number of nitrogens with two attached hydrogens (primary N) is 1. The van der Waals surface area contributed by atoms with E-state index in [2.05, 4.69) is 55.2 Å². The molecule has 2 amide bonds. The summed E-state index contributed by atoms with van der Waals surface area (Å²) in [5.74, 6) is -0.633. The van der Waals surface area contributed by atoms with E-state index in [1.807, 2.05) is 4.90 Å². The fraction of sp³-hybridized carbons (Fsp3) is 0.450. The Labute approximate surface area is 159 Å². The van der Waals surface area contributed by atoms with Gasteiger partial charge in [-0.15, -0.1) is 0 Å². The molecular weight excluding hydrogens is 342 g/mol. The number of benzene rings is 1. The summed E-state index contributed by atoms with van der Waals surface area (Å²) in [5.41, 5.74) is 7.89. The predicted octanol–water partition coefficient (Wildman–Crippen LogP) is 2.24. The van der Waals surface area contributed by atoms with Crippen molar-refractivity contribution in [2.75, 3.05) is 13.6 Å². The molecule has 27 heavy (non-hydrogen) atoms. The minimum atomic E-state index is -0.633. The Hall–Kier alpha value is -2.67. The Morgan fingerprint density at radius 3 is 2.74 bits per heavy atom. The maximum Gasteiger partial charge on any atom is 0.344 e. The quantitative estimate of drug-likeness (QED) is 0.896. The van der Waals surface area contributed by atoms with E-state index in [0.29, 0.717) is 12.6 Å². The fourth-order valence-electron chi connectivity index (χ4n) is 3.75. The molecule has 1 aromatic heterocycles. The number of carbonyl (C=O) groups is 2. The summed E-state index contributed by atoms with van der Waals surface area (Å²) in [6.07, 6.45) is 3.30. The van der Waals surface area contributed by atoms with Gasteiger partial charge in [-0.25, -0.2) is 4.79 Å². The highest BCUT2D eigenvalue weighted by molar-refractivity contribution is 5.91. The second-order valence-corrected chi connectivity index (χ2v) is 7.42. The van der Waals surface area contributed by atoms with Crippen LogP contribution in [-0.4, -0.2) is 57.2 Å². The van der Waals surface area contributed by atoms with Crippen molar-refractivity contribution in [2.24, 2.45) is 5.73 Å². The van der Waals surface area contributed by atoms with Crippen LogP contribution in [0.25, 0.3) is 0 Å². The van der Waals surface area contributed by atoms with Crippen LogP contribution in [0.1, 0.15) is 41.4 Å². The summed E-state index contributed by atoms with van der Waals surface area (Å²) in [4.78, 5) is 28.1. The molecule has 1 aliphatic rings. The second kappa shape index (κ2) is 7.92. The third kappa shape index (κ3) is 4.36. The molecule has 7 nitrogen and oxygen atoms in total. The number of piperidine rings is 1. The van der Waals surface area contributed by atoms with Gasteiger partial charge in [0.05, 0.1) is 0 Å². The first-order chi connectivity index (χ1) is 12.8. The van der Waals surface area contributed by atoms with Gasteiger partial charge in [-0.1, -0.05) is 29.8 Å². The van der Waals surface area contributed by atoms with Crippen LogP contribution in [-0.2, 0) is 6.54 Å². The van der Waals surface area contributed by atoms with E-state index < -0.39 is 5.91 Å². The van der Waals surface area contributed by atoms with Crippen molar-refractivity contribution in [3.63, 3.8) is 0 Å². The van der Waals surface area contributed by atoms with E-state index in [1.54, 1.807) is 0 Å². The monoisotopic (exact) mass is 369 g/mol. The molecule has 2 heterocycles. The lowest BCUT2D eigenvalue weighted by atomic mass is 9.97. The Kier molecular flexibility index (Phi) is 5.60. The Bertz CT molecular complexity index is 831. The molecule has 2 aromatic rings. The van der Waals surface area contributed by atoms with Gasteiger partial charge in [0.25, 0.3) is 5.91 Å². The normalized spacial score (nSPS) is 20.1. The van der Waals surface area contributed by atoms with Crippen LogP contribution in [0.3, 0.4) is 0 Å². The summed E-state index contributed by atoms with van der Waals surface area (Å²) in [7, 11) is 2.14. The molecule has 3 rings (SSSR count). The van der Waals surface area contributed by atoms with Crippen LogP contribution >= 0.6 is 0 Å². The first kappa shape index (κ1) is 19.1. The summed E-state index contributed by atoms with van der Waals surface area (Å²) in [5, 5.41) is 3.98. The SMILES string of the molecule is Cc1cccc(CN(C)[C@H]2CCN(C(=O)n3ccc(C(N)=O)n3)[C@@H](C)C2)c1. The molecule has 1 saturated heterocycles. The number of primary amides is 1. The highest BCUT2D eigenvalue weighted by Gasteiger charge is 2.31. The zero-order chi connectivity index (χ0) is 19.6. The van der Waals surface area contributed by atoms with Gasteiger partial charge in [-0.2, -0.15) is 9.78 Å². The first-order valence-corrected chi connectivity index (χ1v) is 9.27. The van der Waals surface area contributed by atoms with Gasteiger partial charge < -0.3 is 10.6 Å². The van der Waals surface area contributed by atoms with Crippen LogP contribution in [0, 0.1) is 6.92 Å². The van der Waals surface area contributed by atoms with E-state index in [9.17, 15) is 9.59 Å². The van der Waals surface area contributed by atoms with Gasteiger partial charge in [-0.3, -0.25) is 9.69 Å². The molecule has 1 fully saturated rings. The number of aromatic nitrogens is 2. The molecule has 7 heteroatoms. The lowest BCUT2D eigenvalue weighted by Crippen LogP contribution is -2.51. The second-order valence-electron chi connectivity index (χ2n) is 7.42. The average Bonchev–Trinajstić information content (AvgIpc) is 3.11. The van der Waals surface area contributed by atoms with Crippen LogP contribution in [0.15, 0.2) is 36.5 Å². The van der Waals surface area contributed by atoms with Gasteiger partial charge in [-0.05, 0) is 45.4 Å². The third-order valence-corrected chi connectivity index (χ3v) is 5.27. The van der Waals surface area contributed by atoms with Crippen LogP contribution in [0.2, 0.25) is 0 Å². The molecule has 0 bridgehead atoms. The smallest absolute Gasteiger partial charge is 0.344 e. The summed E-state index contributed by atoms with van der Waals surface area (Å²) in [6, 6.07) is 10.3. The number of carbonyl (C=O) groups excluding carboxylic acids is 2. The van der Waals surface area contributed by atoms with Crippen molar-refractivity contribution in [2.45, 2.75) is 45.3 Å². The van der Waals surface area contributed by atoms with E-state index in [1.165, 1.54) is 28.1 Å². The van der Waals surface area contributed by atoms with Gasteiger partial charge in [0, 0.05) is 31.4 Å². The van der Waals surface area contributed by atoms with Crippen molar-refractivity contribution in [3.05, 3.63) is 53.3 Å². The van der Waals surface area contributed by atoms with Crippen LogP contribution in [0.4, 0.5) is 4.79 Å². The minimum absolute atomic E-state index is 0.0948. The van der Waals surface area contributed by atoms with Crippen molar-refractivity contribution < 1.29 is 9.59 Å². The molecule has 0 radical (unpaired) electrons. The molecule has 0 unspecified atom stereocenters. The van der Waals surface area contributed by atoms with Crippen molar-refractivity contribution >= 4 is 11.9 Å². The van der Waals surface area contributed by atoms with Crippen molar-refractivity contribution in [1.82, 2.24) is 19.6 Å². The zero-order valence-electron chi connectivity index (χ0n) is 16.1. The van der Waals surface area contributed by atoms with Crippen molar-refractivity contribution in [3.8, 4) is 0 Å². The van der Waals surface area contributed by atoms with E-state index >= 15 is 0 Å². The lowest BCUT2D eigenvalue weighted by molar-refractivity contribution is 0.0972. The molecule has 0 spiro atoms. The van der Waals surface area contributed by atoms with E-state index in [4.69, 9.17) is 5.73 Å². The Morgan fingerprint density at radius 1 is 1.33 bits per heavy atom.